The molecule has 2 amide bonds. The number of piperidine rings is 1. The summed E-state index contributed by atoms with van der Waals surface area (Å²) in [5.41, 5.74) is -0.428. The molecule has 0 radical (unpaired) electrons. The van der Waals surface area contributed by atoms with Crippen LogP contribution in [-0.4, -0.2) is 57.4 Å². The number of nitrogens with zero attached hydrogens (tertiary/aromatic N) is 2. The number of carboxylic acid groups (broad SMARTS) is 2. The maximum Gasteiger partial charge on any atom is 0.407 e. The lowest BCUT2D eigenvalue weighted by atomic mass is 9.78. The van der Waals surface area contributed by atoms with Crippen molar-refractivity contribution in [1.29, 1.82) is 0 Å². The topological polar surface area (TPSA) is 81.1 Å². The second kappa shape index (κ2) is 3.29. The molecule has 2 heterocycles. The Bertz CT molecular complexity index is 306. The fraction of sp³-hybridized carbons (Fsp3) is 0.778. The molecule has 6 heteroatoms. The summed E-state index contributed by atoms with van der Waals surface area (Å²) in [5, 5.41) is 17.8. The zero-order chi connectivity index (χ0) is 11.1. The molecule has 2 rings (SSSR count). The number of hydrogen-bond acceptors (Lipinski definition) is 2. The average Bonchev–Trinajstić information content (AvgIpc) is 2.15. The minimum absolute atomic E-state index is 0.328. The molecular weight excluding hydrogens is 200 g/mol. The van der Waals surface area contributed by atoms with Gasteiger partial charge in [-0.05, 0) is 19.3 Å². The summed E-state index contributed by atoms with van der Waals surface area (Å²) in [6.45, 7) is 1.38. The number of amides is 2. The largest absolute Gasteiger partial charge is 0.465 e. The molecule has 84 valence electrons. The van der Waals surface area contributed by atoms with Crippen LogP contribution in [-0.2, 0) is 0 Å². The number of carbonyl (C=O) groups is 2. The van der Waals surface area contributed by atoms with Crippen molar-refractivity contribution in [2.75, 3.05) is 19.6 Å². The molecule has 0 aromatic carbocycles. The Hall–Kier alpha value is -1.46. The maximum atomic E-state index is 10.9. The summed E-state index contributed by atoms with van der Waals surface area (Å²) in [5.74, 6) is 0. The Kier molecular flexibility index (Phi) is 2.21. The molecule has 0 bridgehead atoms. The van der Waals surface area contributed by atoms with Crippen molar-refractivity contribution >= 4 is 12.2 Å². The molecule has 0 aliphatic carbocycles. The molecule has 2 aliphatic rings. The molecule has 6 nitrogen and oxygen atoms in total. The molecule has 2 saturated heterocycles. The average molecular weight is 214 g/mol. The van der Waals surface area contributed by atoms with Gasteiger partial charge in [-0.1, -0.05) is 0 Å². The first-order valence-corrected chi connectivity index (χ1v) is 5.04. The van der Waals surface area contributed by atoms with Crippen LogP contribution in [0.2, 0.25) is 0 Å². The van der Waals surface area contributed by atoms with E-state index in [0.717, 1.165) is 19.3 Å². The summed E-state index contributed by atoms with van der Waals surface area (Å²) >= 11 is 0. The zero-order valence-electron chi connectivity index (χ0n) is 8.35. The van der Waals surface area contributed by atoms with Gasteiger partial charge in [0, 0.05) is 19.6 Å². The fourth-order valence-corrected chi connectivity index (χ4v) is 2.54. The summed E-state index contributed by atoms with van der Waals surface area (Å²) in [4.78, 5) is 24.4. The Labute approximate surface area is 87.1 Å². The second-order valence-corrected chi connectivity index (χ2v) is 4.22. The van der Waals surface area contributed by atoms with Crippen molar-refractivity contribution in [3.05, 3.63) is 0 Å². The van der Waals surface area contributed by atoms with E-state index in [1.165, 1.54) is 9.80 Å². The molecule has 0 aromatic rings. The standard InChI is InChI=1S/C9H14N2O4/c12-7(13)10-4-1-2-9(6-10)3-5-11(9)8(14)15/h1-6H2,(H,12,13)(H,14,15). The van der Waals surface area contributed by atoms with Gasteiger partial charge in [0.15, 0.2) is 0 Å². The van der Waals surface area contributed by atoms with Crippen LogP contribution in [0, 0.1) is 0 Å². The van der Waals surface area contributed by atoms with Crippen molar-refractivity contribution < 1.29 is 19.8 Å². The van der Waals surface area contributed by atoms with Crippen LogP contribution in [0.3, 0.4) is 0 Å². The Morgan fingerprint density at radius 2 is 1.80 bits per heavy atom. The number of hydrogen-bond donors (Lipinski definition) is 2. The molecule has 0 saturated carbocycles. The van der Waals surface area contributed by atoms with Gasteiger partial charge < -0.3 is 20.0 Å². The summed E-state index contributed by atoms with van der Waals surface area (Å²) in [6.07, 6.45) is 0.419. The van der Waals surface area contributed by atoms with E-state index in [1.807, 2.05) is 0 Å². The molecular formula is C9H14N2O4. The van der Waals surface area contributed by atoms with Gasteiger partial charge in [-0.25, -0.2) is 9.59 Å². The van der Waals surface area contributed by atoms with Crippen molar-refractivity contribution in [3.63, 3.8) is 0 Å². The molecule has 2 N–H and O–H groups in total. The van der Waals surface area contributed by atoms with E-state index in [1.54, 1.807) is 0 Å². The predicted octanol–water partition coefficient (Wildman–Crippen LogP) is 0.883. The molecule has 15 heavy (non-hydrogen) atoms. The Morgan fingerprint density at radius 3 is 2.27 bits per heavy atom. The molecule has 2 aliphatic heterocycles. The SMILES string of the molecule is O=C(O)N1CCCC2(CCN2C(=O)O)C1. The van der Waals surface area contributed by atoms with Gasteiger partial charge in [-0.2, -0.15) is 0 Å². The van der Waals surface area contributed by atoms with Gasteiger partial charge in [-0.15, -0.1) is 0 Å². The highest BCUT2D eigenvalue weighted by atomic mass is 16.4. The third-order valence-electron chi connectivity index (χ3n) is 3.43. The highest BCUT2D eigenvalue weighted by Gasteiger charge is 2.50. The molecule has 1 atom stereocenters. The predicted molar refractivity (Wildman–Crippen MR) is 50.9 cm³/mol. The summed E-state index contributed by atoms with van der Waals surface area (Å²) in [6, 6.07) is 0. The fourth-order valence-electron chi connectivity index (χ4n) is 2.54. The molecule has 2 fully saturated rings. The van der Waals surface area contributed by atoms with E-state index in [-0.39, 0.29) is 0 Å². The number of rotatable bonds is 0. The lowest BCUT2D eigenvalue weighted by Gasteiger charge is -2.55. The van der Waals surface area contributed by atoms with Crippen molar-refractivity contribution in [2.45, 2.75) is 24.8 Å². The molecule has 1 unspecified atom stereocenters. The number of likely N-dealkylation sites (tertiary alicyclic amines) is 2. The first kappa shape index (κ1) is 10.1. The van der Waals surface area contributed by atoms with Crippen molar-refractivity contribution in [1.82, 2.24) is 9.80 Å². The monoisotopic (exact) mass is 214 g/mol. The van der Waals surface area contributed by atoms with Gasteiger partial charge in [0.2, 0.25) is 0 Å². The van der Waals surface area contributed by atoms with Gasteiger partial charge in [0.25, 0.3) is 0 Å². The van der Waals surface area contributed by atoms with E-state index in [0.29, 0.717) is 19.6 Å². The minimum atomic E-state index is -0.952. The van der Waals surface area contributed by atoms with E-state index in [9.17, 15) is 9.59 Å². The van der Waals surface area contributed by atoms with Crippen LogP contribution in [0.1, 0.15) is 19.3 Å². The molecule has 0 aromatic heterocycles. The minimum Gasteiger partial charge on any atom is -0.465 e. The van der Waals surface area contributed by atoms with E-state index < -0.39 is 17.7 Å². The maximum absolute atomic E-state index is 10.9. The smallest absolute Gasteiger partial charge is 0.407 e. The van der Waals surface area contributed by atoms with Crippen LogP contribution < -0.4 is 0 Å². The third kappa shape index (κ3) is 1.49. The van der Waals surface area contributed by atoms with E-state index in [2.05, 4.69) is 0 Å². The third-order valence-corrected chi connectivity index (χ3v) is 3.43. The lowest BCUT2D eigenvalue weighted by Crippen LogP contribution is -2.68. The van der Waals surface area contributed by atoms with Crippen LogP contribution in [0.5, 0.6) is 0 Å². The van der Waals surface area contributed by atoms with Crippen LogP contribution in [0.15, 0.2) is 0 Å². The van der Waals surface area contributed by atoms with Crippen LogP contribution >= 0.6 is 0 Å². The van der Waals surface area contributed by atoms with Crippen LogP contribution in [0.25, 0.3) is 0 Å². The first-order valence-electron chi connectivity index (χ1n) is 5.04. The highest BCUT2D eigenvalue weighted by molar-refractivity contribution is 5.69. The summed E-state index contributed by atoms with van der Waals surface area (Å²) in [7, 11) is 0. The zero-order valence-corrected chi connectivity index (χ0v) is 8.35. The van der Waals surface area contributed by atoms with Gasteiger partial charge in [0.05, 0.1) is 5.54 Å². The Morgan fingerprint density at radius 1 is 1.07 bits per heavy atom. The van der Waals surface area contributed by atoms with Gasteiger partial charge in [-0.3, -0.25) is 0 Å². The molecule has 1 spiro atoms. The highest BCUT2D eigenvalue weighted by Crippen LogP contribution is 2.38. The van der Waals surface area contributed by atoms with Crippen LogP contribution in [0.4, 0.5) is 9.59 Å². The van der Waals surface area contributed by atoms with E-state index >= 15 is 0 Å². The van der Waals surface area contributed by atoms with E-state index in [4.69, 9.17) is 10.2 Å². The van der Waals surface area contributed by atoms with Crippen molar-refractivity contribution in [3.8, 4) is 0 Å². The van der Waals surface area contributed by atoms with Gasteiger partial charge in [0.1, 0.15) is 0 Å². The quantitative estimate of drug-likeness (QED) is 0.627. The van der Waals surface area contributed by atoms with Crippen molar-refractivity contribution in [2.24, 2.45) is 0 Å². The van der Waals surface area contributed by atoms with Gasteiger partial charge >= 0.3 is 12.2 Å². The summed E-state index contributed by atoms with van der Waals surface area (Å²) < 4.78 is 0. The first-order chi connectivity index (χ1) is 7.05. The normalized spacial score (nSPS) is 30.1. The lowest BCUT2D eigenvalue weighted by molar-refractivity contribution is -0.0434. The second-order valence-electron chi connectivity index (χ2n) is 4.22. The Balaban J connectivity index is 2.09.